The van der Waals surface area contributed by atoms with Gasteiger partial charge in [-0.1, -0.05) is 36.7 Å². The number of hydrogen-bond acceptors (Lipinski definition) is 2. The number of rotatable bonds is 4. The summed E-state index contributed by atoms with van der Waals surface area (Å²) in [6.07, 6.45) is 4.04. The highest BCUT2D eigenvalue weighted by Gasteiger charge is 2.19. The van der Waals surface area contributed by atoms with Crippen LogP contribution >= 0.6 is 11.6 Å². The van der Waals surface area contributed by atoms with Crippen LogP contribution in [-0.2, 0) is 4.74 Å². The van der Waals surface area contributed by atoms with E-state index in [9.17, 15) is 0 Å². The van der Waals surface area contributed by atoms with Gasteiger partial charge >= 0.3 is 0 Å². The lowest BCUT2D eigenvalue weighted by molar-refractivity contribution is 0.219. The Labute approximate surface area is 108 Å². The van der Waals surface area contributed by atoms with Crippen molar-refractivity contribution in [1.82, 2.24) is 5.32 Å². The summed E-state index contributed by atoms with van der Waals surface area (Å²) in [6.45, 7) is 3.84. The minimum atomic E-state index is 0.175. The van der Waals surface area contributed by atoms with Gasteiger partial charge in [0.2, 0.25) is 0 Å². The first kappa shape index (κ1) is 12.5. The van der Waals surface area contributed by atoms with Gasteiger partial charge in [-0.2, -0.15) is 0 Å². The summed E-state index contributed by atoms with van der Waals surface area (Å²) in [5.41, 5.74) is 2.42. The molecular weight excluding hydrogens is 234 g/mol. The molecule has 1 aliphatic rings. The molecule has 0 radical (unpaired) electrons. The third kappa shape index (κ3) is 3.02. The fourth-order valence-corrected chi connectivity index (χ4v) is 2.40. The normalized spacial score (nSPS) is 17.2. The summed E-state index contributed by atoms with van der Waals surface area (Å²) >= 11 is 6.27. The van der Waals surface area contributed by atoms with Gasteiger partial charge in [-0.3, -0.25) is 0 Å². The molecule has 0 amide bonds. The quantitative estimate of drug-likeness (QED) is 0.881. The molecule has 0 fully saturated rings. The van der Waals surface area contributed by atoms with E-state index in [0.717, 1.165) is 36.6 Å². The second-order valence-corrected chi connectivity index (χ2v) is 4.59. The van der Waals surface area contributed by atoms with Crippen LogP contribution in [0.2, 0.25) is 5.02 Å². The van der Waals surface area contributed by atoms with E-state index < -0.39 is 0 Å². The van der Waals surface area contributed by atoms with Crippen molar-refractivity contribution in [2.75, 3.05) is 13.2 Å². The summed E-state index contributed by atoms with van der Waals surface area (Å²) in [5, 5.41) is 4.29. The number of nitrogens with one attached hydrogen (secondary N) is 1. The molecule has 1 aromatic rings. The van der Waals surface area contributed by atoms with E-state index in [1.165, 1.54) is 5.57 Å². The fraction of sp³-hybridized carbons (Fsp3) is 0.429. The van der Waals surface area contributed by atoms with E-state index >= 15 is 0 Å². The van der Waals surface area contributed by atoms with Gasteiger partial charge in [0.25, 0.3) is 0 Å². The topological polar surface area (TPSA) is 21.3 Å². The second kappa shape index (κ2) is 6.08. The SMILES string of the molecule is CCNC(C1=COCCC1)c1ccccc1Cl. The molecule has 0 bridgehead atoms. The zero-order valence-electron chi connectivity index (χ0n) is 10.1. The van der Waals surface area contributed by atoms with Crippen LogP contribution in [0.4, 0.5) is 0 Å². The standard InChI is InChI=1S/C14H18ClNO/c1-2-16-14(11-6-5-9-17-10-11)12-7-3-4-8-13(12)15/h3-4,7-8,10,14,16H,2,5-6,9H2,1H3. The highest BCUT2D eigenvalue weighted by Crippen LogP contribution is 2.31. The van der Waals surface area contributed by atoms with Crippen molar-refractivity contribution in [2.24, 2.45) is 0 Å². The molecule has 1 unspecified atom stereocenters. The van der Waals surface area contributed by atoms with Crippen LogP contribution in [-0.4, -0.2) is 13.2 Å². The Morgan fingerprint density at radius 2 is 2.24 bits per heavy atom. The molecule has 1 N–H and O–H groups in total. The summed E-state index contributed by atoms with van der Waals surface area (Å²) in [6, 6.07) is 8.17. The largest absolute Gasteiger partial charge is 0.501 e. The van der Waals surface area contributed by atoms with Crippen LogP contribution < -0.4 is 5.32 Å². The minimum absolute atomic E-state index is 0.175. The monoisotopic (exact) mass is 251 g/mol. The van der Waals surface area contributed by atoms with Crippen LogP contribution in [0, 0.1) is 0 Å². The van der Waals surface area contributed by atoms with E-state index in [2.05, 4.69) is 18.3 Å². The molecule has 2 rings (SSSR count). The van der Waals surface area contributed by atoms with Crippen molar-refractivity contribution in [3.63, 3.8) is 0 Å². The Hall–Kier alpha value is -0.990. The molecule has 1 heterocycles. The molecule has 1 aliphatic heterocycles. The first-order chi connectivity index (χ1) is 8.33. The lowest BCUT2D eigenvalue weighted by atomic mass is 9.95. The van der Waals surface area contributed by atoms with Crippen LogP contribution in [0.3, 0.4) is 0 Å². The number of likely N-dealkylation sites (N-methyl/N-ethyl adjacent to an activating group) is 1. The van der Waals surface area contributed by atoms with E-state index in [0.29, 0.717) is 0 Å². The van der Waals surface area contributed by atoms with Gasteiger partial charge < -0.3 is 10.1 Å². The Morgan fingerprint density at radius 1 is 1.41 bits per heavy atom. The maximum absolute atomic E-state index is 6.27. The molecule has 0 saturated heterocycles. The smallest absolute Gasteiger partial charge is 0.0876 e. The van der Waals surface area contributed by atoms with Crippen LogP contribution in [0.5, 0.6) is 0 Å². The van der Waals surface area contributed by atoms with E-state index in [-0.39, 0.29) is 6.04 Å². The second-order valence-electron chi connectivity index (χ2n) is 4.18. The van der Waals surface area contributed by atoms with Crippen molar-refractivity contribution in [1.29, 1.82) is 0 Å². The van der Waals surface area contributed by atoms with Gasteiger partial charge in [0.05, 0.1) is 18.9 Å². The van der Waals surface area contributed by atoms with E-state index in [4.69, 9.17) is 16.3 Å². The number of hydrogen-bond donors (Lipinski definition) is 1. The minimum Gasteiger partial charge on any atom is -0.501 e. The van der Waals surface area contributed by atoms with Gasteiger partial charge in [0.15, 0.2) is 0 Å². The Kier molecular flexibility index (Phi) is 4.46. The van der Waals surface area contributed by atoms with E-state index in [1.807, 2.05) is 24.5 Å². The molecule has 17 heavy (non-hydrogen) atoms. The molecule has 92 valence electrons. The first-order valence-corrected chi connectivity index (χ1v) is 6.49. The Morgan fingerprint density at radius 3 is 2.88 bits per heavy atom. The summed E-state index contributed by atoms with van der Waals surface area (Å²) in [5.74, 6) is 0. The summed E-state index contributed by atoms with van der Waals surface area (Å²) in [4.78, 5) is 0. The number of ether oxygens (including phenoxy) is 1. The predicted octanol–water partition coefficient (Wildman–Crippen LogP) is 3.68. The maximum Gasteiger partial charge on any atom is 0.0876 e. The maximum atomic E-state index is 6.27. The molecule has 3 heteroatoms. The van der Waals surface area contributed by atoms with Gasteiger partial charge in [-0.05, 0) is 36.6 Å². The zero-order chi connectivity index (χ0) is 12.1. The van der Waals surface area contributed by atoms with Crippen LogP contribution in [0.1, 0.15) is 31.4 Å². The molecular formula is C14H18ClNO. The first-order valence-electron chi connectivity index (χ1n) is 6.11. The molecule has 1 aromatic carbocycles. The van der Waals surface area contributed by atoms with Gasteiger partial charge in [-0.25, -0.2) is 0 Å². The van der Waals surface area contributed by atoms with E-state index in [1.54, 1.807) is 0 Å². The lowest BCUT2D eigenvalue weighted by Gasteiger charge is -2.25. The Balaban J connectivity index is 2.28. The summed E-state index contributed by atoms with van der Waals surface area (Å²) < 4.78 is 5.43. The van der Waals surface area contributed by atoms with Crippen molar-refractivity contribution < 1.29 is 4.74 Å². The van der Waals surface area contributed by atoms with Gasteiger partial charge in [0, 0.05) is 5.02 Å². The average molecular weight is 252 g/mol. The lowest BCUT2D eigenvalue weighted by Crippen LogP contribution is -2.24. The zero-order valence-corrected chi connectivity index (χ0v) is 10.8. The van der Waals surface area contributed by atoms with Gasteiger partial charge in [-0.15, -0.1) is 0 Å². The third-order valence-electron chi connectivity index (χ3n) is 2.96. The highest BCUT2D eigenvalue weighted by molar-refractivity contribution is 6.31. The third-order valence-corrected chi connectivity index (χ3v) is 3.30. The summed E-state index contributed by atoms with van der Waals surface area (Å²) in [7, 11) is 0. The molecule has 1 atom stereocenters. The Bertz CT molecular complexity index is 403. The van der Waals surface area contributed by atoms with Crippen LogP contribution in [0.25, 0.3) is 0 Å². The van der Waals surface area contributed by atoms with Crippen LogP contribution in [0.15, 0.2) is 36.1 Å². The number of halogens is 1. The molecule has 2 nitrogen and oxygen atoms in total. The molecule has 0 spiro atoms. The van der Waals surface area contributed by atoms with Crippen molar-refractivity contribution in [3.05, 3.63) is 46.7 Å². The predicted molar refractivity (Wildman–Crippen MR) is 71.1 cm³/mol. The average Bonchev–Trinajstić information content (AvgIpc) is 2.38. The van der Waals surface area contributed by atoms with Crippen molar-refractivity contribution in [2.45, 2.75) is 25.8 Å². The highest BCUT2D eigenvalue weighted by atomic mass is 35.5. The fourth-order valence-electron chi connectivity index (χ4n) is 2.15. The number of benzene rings is 1. The molecule has 0 aliphatic carbocycles. The molecule has 0 aromatic heterocycles. The molecule has 0 saturated carbocycles. The van der Waals surface area contributed by atoms with Crippen molar-refractivity contribution >= 4 is 11.6 Å². The van der Waals surface area contributed by atoms with Crippen molar-refractivity contribution in [3.8, 4) is 0 Å². The van der Waals surface area contributed by atoms with Gasteiger partial charge in [0.1, 0.15) is 0 Å².